The average molecular weight is 254 g/mol. The molecule has 2 aromatic rings. The van der Waals surface area contributed by atoms with Crippen LogP contribution in [0.15, 0.2) is 30.3 Å². The molecule has 2 amide bonds. The van der Waals surface area contributed by atoms with Gasteiger partial charge in [-0.25, -0.2) is 0 Å². The summed E-state index contributed by atoms with van der Waals surface area (Å²) < 4.78 is 0. The molecule has 0 spiro atoms. The minimum absolute atomic E-state index is 0.203. The fourth-order valence-corrected chi connectivity index (χ4v) is 2.51. The van der Waals surface area contributed by atoms with Gasteiger partial charge in [0, 0.05) is 17.6 Å². The lowest BCUT2D eigenvalue weighted by Crippen LogP contribution is -2.30. The van der Waals surface area contributed by atoms with Crippen molar-refractivity contribution in [2.75, 3.05) is 12.3 Å². The Balaban J connectivity index is 2.23. The van der Waals surface area contributed by atoms with Crippen molar-refractivity contribution in [1.29, 1.82) is 0 Å². The molecule has 4 nitrogen and oxygen atoms in total. The number of hydrogen-bond donors (Lipinski definition) is 1. The quantitative estimate of drug-likeness (QED) is 0.661. The molecule has 0 aromatic heterocycles. The third-order valence-electron chi connectivity index (χ3n) is 3.45. The first-order valence-corrected chi connectivity index (χ1v) is 6.32. The Kier molecular flexibility index (Phi) is 2.52. The molecule has 1 aliphatic rings. The highest BCUT2D eigenvalue weighted by Gasteiger charge is 2.35. The molecule has 0 radical (unpaired) electrons. The smallest absolute Gasteiger partial charge is 0.261 e. The zero-order chi connectivity index (χ0) is 13.6. The lowest BCUT2D eigenvalue weighted by atomic mass is 10.0. The topological polar surface area (TPSA) is 63.4 Å². The fraction of sp³-hybridized carbons (Fsp3) is 0.200. The molecule has 4 heteroatoms. The van der Waals surface area contributed by atoms with E-state index in [0.717, 1.165) is 17.2 Å². The van der Waals surface area contributed by atoms with Gasteiger partial charge < -0.3 is 5.73 Å². The van der Waals surface area contributed by atoms with Crippen LogP contribution in [0.5, 0.6) is 0 Å². The number of carbonyl (C=O) groups is 2. The summed E-state index contributed by atoms with van der Waals surface area (Å²) in [5, 5.41) is 1.71. The van der Waals surface area contributed by atoms with E-state index in [0.29, 0.717) is 23.4 Å². The standard InChI is InChI=1S/C15H14N2O2/c1-2-6-17-14(18)11-7-9-4-3-5-13(16)10(9)8-12(11)15(17)19/h3-5,7-8H,2,6,16H2,1H3. The van der Waals surface area contributed by atoms with Gasteiger partial charge in [0.15, 0.2) is 0 Å². The molecule has 19 heavy (non-hydrogen) atoms. The van der Waals surface area contributed by atoms with Gasteiger partial charge in [0.25, 0.3) is 11.8 Å². The zero-order valence-corrected chi connectivity index (χ0v) is 10.6. The fourth-order valence-electron chi connectivity index (χ4n) is 2.51. The van der Waals surface area contributed by atoms with E-state index in [-0.39, 0.29) is 11.8 Å². The first kappa shape index (κ1) is 11.7. The molecule has 1 aliphatic heterocycles. The number of anilines is 1. The predicted molar refractivity (Wildman–Crippen MR) is 74.0 cm³/mol. The summed E-state index contributed by atoms with van der Waals surface area (Å²) in [5.74, 6) is -0.418. The van der Waals surface area contributed by atoms with E-state index in [4.69, 9.17) is 5.73 Å². The van der Waals surface area contributed by atoms with E-state index in [1.807, 2.05) is 19.1 Å². The monoisotopic (exact) mass is 254 g/mol. The molecule has 0 saturated heterocycles. The number of nitrogens with zero attached hydrogens (tertiary/aromatic N) is 1. The number of imide groups is 1. The van der Waals surface area contributed by atoms with Crippen molar-refractivity contribution in [3.8, 4) is 0 Å². The molecule has 1 heterocycles. The Bertz CT molecular complexity index is 707. The first-order chi connectivity index (χ1) is 9.13. The molecule has 0 saturated carbocycles. The summed E-state index contributed by atoms with van der Waals surface area (Å²) in [7, 11) is 0. The van der Waals surface area contributed by atoms with E-state index in [9.17, 15) is 9.59 Å². The molecule has 0 bridgehead atoms. The summed E-state index contributed by atoms with van der Waals surface area (Å²) in [6.07, 6.45) is 0.757. The van der Waals surface area contributed by atoms with Crippen molar-refractivity contribution in [1.82, 2.24) is 4.90 Å². The lowest BCUT2D eigenvalue weighted by molar-refractivity contribution is 0.0654. The zero-order valence-electron chi connectivity index (χ0n) is 10.6. The van der Waals surface area contributed by atoms with Gasteiger partial charge in [-0.2, -0.15) is 0 Å². The van der Waals surface area contributed by atoms with Gasteiger partial charge >= 0.3 is 0 Å². The molecular weight excluding hydrogens is 240 g/mol. The van der Waals surface area contributed by atoms with E-state index in [1.54, 1.807) is 18.2 Å². The number of nitrogens with two attached hydrogens (primary N) is 1. The number of fused-ring (bicyclic) bond motifs is 2. The summed E-state index contributed by atoms with van der Waals surface area (Å²) in [6.45, 7) is 2.40. The lowest BCUT2D eigenvalue weighted by Gasteiger charge is -2.11. The van der Waals surface area contributed by atoms with Gasteiger partial charge in [-0.1, -0.05) is 19.1 Å². The third-order valence-corrected chi connectivity index (χ3v) is 3.45. The second-order valence-corrected chi connectivity index (χ2v) is 4.73. The van der Waals surface area contributed by atoms with Crippen LogP contribution in [0.4, 0.5) is 5.69 Å². The van der Waals surface area contributed by atoms with Crippen molar-refractivity contribution in [2.24, 2.45) is 0 Å². The molecule has 0 fully saturated rings. The van der Waals surface area contributed by atoms with Crippen LogP contribution >= 0.6 is 0 Å². The highest BCUT2D eigenvalue weighted by atomic mass is 16.2. The van der Waals surface area contributed by atoms with Crippen LogP contribution in [0.2, 0.25) is 0 Å². The minimum atomic E-state index is -0.216. The minimum Gasteiger partial charge on any atom is -0.398 e. The maximum absolute atomic E-state index is 12.2. The molecule has 3 rings (SSSR count). The van der Waals surface area contributed by atoms with Crippen LogP contribution in [0.1, 0.15) is 34.1 Å². The Morgan fingerprint density at radius 2 is 1.79 bits per heavy atom. The average Bonchev–Trinajstić information content (AvgIpc) is 2.63. The number of benzene rings is 2. The first-order valence-electron chi connectivity index (χ1n) is 6.32. The number of nitrogen functional groups attached to an aromatic ring is 1. The molecule has 96 valence electrons. The second-order valence-electron chi connectivity index (χ2n) is 4.73. The summed E-state index contributed by atoms with van der Waals surface area (Å²) in [6, 6.07) is 9.02. The largest absolute Gasteiger partial charge is 0.398 e. The van der Waals surface area contributed by atoms with Crippen LogP contribution in [0, 0.1) is 0 Å². The predicted octanol–water partition coefficient (Wildman–Crippen LogP) is 2.43. The van der Waals surface area contributed by atoms with Gasteiger partial charge in [-0.05, 0) is 30.0 Å². The van der Waals surface area contributed by atoms with E-state index in [2.05, 4.69) is 0 Å². The third kappa shape index (κ3) is 1.60. The van der Waals surface area contributed by atoms with Gasteiger partial charge in [-0.15, -0.1) is 0 Å². The Morgan fingerprint density at radius 1 is 1.11 bits per heavy atom. The molecule has 0 unspecified atom stereocenters. The van der Waals surface area contributed by atoms with Crippen molar-refractivity contribution >= 4 is 28.3 Å². The van der Waals surface area contributed by atoms with E-state index >= 15 is 0 Å². The Hall–Kier alpha value is -2.36. The van der Waals surface area contributed by atoms with Crippen molar-refractivity contribution in [3.63, 3.8) is 0 Å². The number of hydrogen-bond acceptors (Lipinski definition) is 3. The highest BCUT2D eigenvalue weighted by Crippen LogP contribution is 2.30. The second kappa shape index (κ2) is 4.09. The summed E-state index contributed by atoms with van der Waals surface area (Å²) in [5.41, 5.74) is 7.48. The van der Waals surface area contributed by atoms with Crippen LogP contribution in [0.3, 0.4) is 0 Å². The maximum Gasteiger partial charge on any atom is 0.261 e. The van der Waals surface area contributed by atoms with Crippen LogP contribution in [-0.4, -0.2) is 23.3 Å². The normalized spacial score (nSPS) is 14.3. The van der Waals surface area contributed by atoms with Gasteiger partial charge in [0.2, 0.25) is 0 Å². The molecule has 0 atom stereocenters. The Morgan fingerprint density at radius 3 is 2.47 bits per heavy atom. The number of carbonyl (C=O) groups excluding carboxylic acids is 2. The summed E-state index contributed by atoms with van der Waals surface area (Å²) in [4.78, 5) is 25.7. The van der Waals surface area contributed by atoms with Gasteiger partial charge in [0.1, 0.15) is 0 Å². The number of amides is 2. The highest BCUT2D eigenvalue weighted by molar-refractivity contribution is 6.23. The molecule has 2 aromatic carbocycles. The van der Waals surface area contributed by atoms with Gasteiger partial charge in [-0.3, -0.25) is 14.5 Å². The van der Waals surface area contributed by atoms with Crippen LogP contribution in [-0.2, 0) is 0 Å². The summed E-state index contributed by atoms with van der Waals surface area (Å²) >= 11 is 0. The number of rotatable bonds is 2. The van der Waals surface area contributed by atoms with Crippen molar-refractivity contribution in [3.05, 3.63) is 41.5 Å². The Labute approximate surface area is 110 Å². The van der Waals surface area contributed by atoms with Crippen LogP contribution in [0.25, 0.3) is 10.8 Å². The molecular formula is C15H14N2O2. The van der Waals surface area contributed by atoms with E-state index < -0.39 is 0 Å². The van der Waals surface area contributed by atoms with Crippen molar-refractivity contribution in [2.45, 2.75) is 13.3 Å². The van der Waals surface area contributed by atoms with E-state index in [1.165, 1.54) is 4.90 Å². The van der Waals surface area contributed by atoms with Gasteiger partial charge in [0.05, 0.1) is 11.1 Å². The van der Waals surface area contributed by atoms with Crippen molar-refractivity contribution < 1.29 is 9.59 Å². The molecule has 0 aliphatic carbocycles. The molecule has 2 N–H and O–H groups in total. The SMILES string of the molecule is CCCN1C(=O)c2cc3cccc(N)c3cc2C1=O. The maximum atomic E-state index is 12.2. The van der Waals surface area contributed by atoms with Crippen LogP contribution < -0.4 is 5.73 Å².